The fourth-order valence-corrected chi connectivity index (χ4v) is 3.39. The van der Waals surface area contributed by atoms with Crippen LogP contribution >= 0.6 is 0 Å². The van der Waals surface area contributed by atoms with Gasteiger partial charge in [-0.25, -0.2) is 4.98 Å². The number of nitrogens with one attached hydrogen (secondary N) is 1. The number of rotatable bonds is 3. The Morgan fingerprint density at radius 2 is 2.04 bits per heavy atom. The van der Waals surface area contributed by atoms with Gasteiger partial charge in [-0.05, 0) is 32.6 Å². The minimum atomic E-state index is -0.349. The molecule has 3 atom stereocenters. The van der Waals surface area contributed by atoms with E-state index in [2.05, 4.69) is 35.7 Å². The van der Waals surface area contributed by atoms with Crippen molar-refractivity contribution in [2.75, 3.05) is 5.73 Å². The van der Waals surface area contributed by atoms with Crippen molar-refractivity contribution in [3.05, 3.63) is 16.7 Å². The minimum Gasteiger partial charge on any atom is -0.370 e. The summed E-state index contributed by atoms with van der Waals surface area (Å²) in [5.74, 6) is 0.0657. The summed E-state index contributed by atoms with van der Waals surface area (Å²) in [6.07, 6.45) is 2.73. The predicted octanol–water partition coefficient (Wildman–Crippen LogP) is 2.61. The zero-order valence-corrected chi connectivity index (χ0v) is 16.4. The van der Waals surface area contributed by atoms with E-state index >= 15 is 0 Å². The highest BCUT2D eigenvalue weighted by Gasteiger charge is 2.41. The van der Waals surface area contributed by atoms with Gasteiger partial charge in [-0.3, -0.25) is 14.3 Å². The third-order valence-corrected chi connectivity index (χ3v) is 4.26. The summed E-state index contributed by atoms with van der Waals surface area (Å²) in [5.41, 5.74) is 5.88. The minimum absolute atomic E-state index is 0.0454. The quantitative estimate of drug-likeness (QED) is 0.868. The maximum atomic E-state index is 12.0. The Morgan fingerprint density at radius 3 is 2.65 bits per heavy atom. The molecule has 3 heterocycles. The third kappa shape index (κ3) is 4.07. The SMILES string of the molecule is CC(C)(C)C[C@H]1O[C@@H](n2cnc3c(=O)[nH]c(N)nc32)CC1OC(C)(C)C. The molecule has 1 aliphatic heterocycles. The first-order chi connectivity index (χ1) is 11.9. The molecule has 0 spiro atoms. The number of aromatic amines is 1. The lowest BCUT2D eigenvalue weighted by Crippen LogP contribution is -2.35. The van der Waals surface area contributed by atoms with Crippen molar-refractivity contribution in [2.24, 2.45) is 5.41 Å². The number of hydrogen-bond donors (Lipinski definition) is 2. The fourth-order valence-electron chi connectivity index (χ4n) is 3.39. The molecule has 2 aromatic heterocycles. The van der Waals surface area contributed by atoms with Gasteiger partial charge in [-0.15, -0.1) is 0 Å². The van der Waals surface area contributed by atoms with Crippen molar-refractivity contribution in [2.45, 2.75) is 78.4 Å². The highest BCUT2D eigenvalue weighted by molar-refractivity contribution is 5.70. The van der Waals surface area contributed by atoms with Crippen LogP contribution in [0.5, 0.6) is 0 Å². The van der Waals surface area contributed by atoms with Gasteiger partial charge >= 0.3 is 0 Å². The summed E-state index contributed by atoms with van der Waals surface area (Å²) in [6.45, 7) is 12.7. The van der Waals surface area contributed by atoms with E-state index in [-0.39, 0.29) is 46.5 Å². The molecule has 8 nitrogen and oxygen atoms in total. The van der Waals surface area contributed by atoms with E-state index in [1.807, 2.05) is 20.8 Å². The Hall–Kier alpha value is -1.93. The Labute approximate surface area is 153 Å². The zero-order chi connectivity index (χ0) is 19.3. The number of anilines is 1. The second-order valence-electron chi connectivity index (χ2n) is 9.17. The molecule has 0 bridgehead atoms. The number of aromatic nitrogens is 4. The van der Waals surface area contributed by atoms with E-state index < -0.39 is 0 Å². The lowest BCUT2D eigenvalue weighted by molar-refractivity contribution is -0.102. The molecule has 1 fully saturated rings. The summed E-state index contributed by atoms with van der Waals surface area (Å²) in [4.78, 5) is 22.9. The summed E-state index contributed by atoms with van der Waals surface area (Å²) in [5, 5.41) is 0. The number of ether oxygens (including phenoxy) is 2. The van der Waals surface area contributed by atoms with Crippen molar-refractivity contribution < 1.29 is 9.47 Å². The molecule has 144 valence electrons. The van der Waals surface area contributed by atoms with Gasteiger partial charge in [0.25, 0.3) is 5.56 Å². The Bertz CT molecular complexity index is 819. The van der Waals surface area contributed by atoms with E-state index in [1.54, 1.807) is 10.9 Å². The number of H-pyrrole nitrogens is 1. The molecule has 26 heavy (non-hydrogen) atoms. The molecule has 0 saturated carbocycles. The van der Waals surface area contributed by atoms with Crippen LogP contribution in [-0.2, 0) is 9.47 Å². The van der Waals surface area contributed by atoms with E-state index in [0.717, 1.165) is 6.42 Å². The van der Waals surface area contributed by atoms with Crippen LogP contribution in [0.4, 0.5) is 5.95 Å². The number of fused-ring (bicyclic) bond motifs is 1. The number of nitrogens with zero attached hydrogens (tertiary/aromatic N) is 3. The molecule has 1 aliphatic rings. The molecular weight excluding hydrogens is 334 g/mol. The normalized spacial score (nSPS) is 24.5. The fraction of sp³-hybridized carbons (Fsp3) is 0.722. The van der Waals surface area contributed by atoms with E-state index in [4.69, 9.17) is 15.2 Å². The second-order valence-corrected chi connectivity index (χ2v) is 9.17. The van der Waals surface area contributed by atoms with Gasteiger partial charge in [0.2, 0.25) is 5.95 Å². The van der Waals surface area contributed by atoms with Crippen LogP contribution in [0.3, 0.4) is 0 Å². The predicted molar refractivity (Wildman–Crippen MR) is 99.8 cm³/mol. The largest absolute Gasteiger partial charge is 0.370 e. The van der Waals surface area contributed by atoms with Gasteiger partial charge in [0.1, 0.15) is 6.23 Å². The van der Waals surface area contributed by atoms with Crippen molar-refractivity contribution in [1.82, 2.24) is 19.5 Å². The maximum Gasteiger partial charge on any atom is 0.280 e. The molecule has 3 rings (SSSR count). The Balaban J connectivity index is 1.93. The lowest BCUT2D eigenvalue weighted by Gasteiger charge is -2.31. The van der Waals surface area contributed by atoms with Gasteiger partial charge in [-0.1, -0.05) is 20.8 Å². The maximum absolute atomic E-state index is 12.0. The molecule has 0 amide bonds. The molecule has 1 unspecified atom stereocenters. The smallest absolute Gasteiger partial charge is 0.280 e. The van der Waals surface area contributed by atoms with E-state index in [0.29, 0.717) is 12.1 Å². The highest BCUT2D eigenvalue weighted by Crippen LogP contribution is 2.39. The Morgan fingerprint density at radius 1 is 1.35 bits per heavy atom. The lowest BCUT2D eigenvalue weighted by atomic mass is 9.87. The van der Waals surface area contributed by atoms with E-state index in [9.17, 15) is 4.79 Å². The highest BCUT2D eigenvalue weighted by atomic mass is 16.6. The first kappa shape index (κ1) is 18.8. The average Bonchev–Trinajstić information content (AvgIpc) is 3.00. The topological polar surface area (TPSA) is 108 Å². The summed E-state index contributed by atoms with van der Waals surface area (Å²) in [6, 6.07) is 0. The summed E-state index contributed by atoms with van der Waals surface area (Å²) >= 11 is 0. The van der Waals surface area contributed by atoms with Crippen LogP contribution in [0.2, 0.25) is 0 Å². The van der Waals surface area contributed by atoms with Crippen molar-refractivity contribution >= 4 is 17.1 Å². The van der Waals surface area contributed by atoms with Crippen LogP contribution < -0.4 is 11.3 Å². The standard InChI is InChI=1S/C18H29N5O3/c1-17(2,3)8-11-10(26-18(4,5)6)7-12(25-11)23-9-20-13-14(23)21-16(19)22-15(13)24/h9-12H,7-8H2,1-6H3,(H3,19,21,22,24)/t10?,11-,12-/m1/s1. The van der Waals surface area contributed by atoms with Crippen LogP contribution in [0.1, 0.15) is 60.6 Å². The van der Waals surface area contributed by atoms with Crippen LogP contribution in [0.15, 0.2) is 11.1 Å². The van der Waals surface area contributed by atoms with Crippen molar-refractivity contribution in [3.63, 3.8) is 0 Å². The van der Waals surface area contributed by atoms with Gasteiger partial charge in [0, 0.05) is 6.42 Å². The molecule has 2 aromatic rings. The Kier molecular flexibility index (Phi) is 4.60. The summed E-state index contributed by atoms with van der Waals surface area (Å²) in [7, 11) is 0. The van der Waals surface area contributed by atoms with E-state index in [1.165, 1.54) is 0 Å². The number of imidazole rings is 1. The molecule has 1 saturated heterocycles. The molecular formula is C18H29N5O3. The van der Waals surface area contributed by atoms with Gasteiger partial charge in [-0.2, -0.15) is 4.98 Å². The average molecular weight is 363 g/mol. The van der Waals surface area contributed by atoms with Gasteiger partial charge < -0.3 is 15.2 Å². The number of nitrogens with two attached hydrogens (primary N) is 1. The van der Waals surface area contributed by atoms with Crippen LogP contribution in [-0.4, -0.2) is 37.3 Å². The molecule has 8 heteroatoms. The van der Waals surface area contributed by atoms with Crippen molar-refractivity contribution in [3.8, 4) is 0 Å². The zero-order valence-electron chi connectivity index (χ0n) is 16.4. The monoisotopic (exact) mass is 363 g/mol. The van der Waals surface area contributed by atoms with Crippen molar-refractivity contribution in [1.29, 1.82) is 0 Å². The third-order valence-electron chi connectivity index (χ3n) is 4.26. The van der Waals surface area contributed by atoms with Gasteiger partial charge in [0.05, 0.1) is 24.1 Å². The molecule has 3 N–H and O–H groups in total. The second kappa shape index (κ2) is 6.35. The first-order valence-corrected chi connectivity index (χ1v) is 8.98. The van der Waals surface area contributed by atoms with Gasteiger partial charge in [0.15, 0.2) is 11.2 Å². The van der Waals surface area contributed by atoms with Crippen LogP contribution in [0.25, 0.3) is 11.2 Å². The molecule has 0 aromatic carbocycles. The number of hydrogen-bond acceptors (Lipinski definition) is 6. The van der Waals surface area contributed by atoms with Crippen LogP contribution in [0, 0.1) is 5.41 Å². The first-order valence-electron chi connectivity index (χ1n) is 8.98. The molecule has 0 radical (unpaired) electrons. The number of nitrogen functional groups attached to an aromatic ring is 1. The molecule has 0 aliphatic carbocycles. The summed E-state index contributed by atoms with van der Waals surface area (Å²) < 4.78 is 14.4.